The topological polar surface area (TPSA) is 35.2 Å². The Hall–Kier alpha value is -0.0900. The first-order valence-corrected chi connectivity index (χ1v) is 7.50. The van der Waals surface area contributed by atoms with E-state index in [-0.39, 0.29) is 5.54 Å². The minimum absolute atomic E-state index is 0.212. The molecule has 0 atom stereocenters. The standard InChI is InChI=1S/C14H19BrClNO/c1-18-9-11-12(15)7-10(8-13(11)16)14(17)5-3-2-4-6-14/h7-8H,2-6,9,17H2,1H3. The lowest BCUT2D eigenvalue weighted by Crippen LogP contribution is -2.38. The summed E-state index contributed by atoms with van der Waals surface area (Å²) in [5.41, 5.74) is 8.45. The highest BCUT2D eigenvalue weighted by molar-refractivity contribution is 9.10. The molecule has 1 aliphatic rings. The molecule has 0 spiro atoms. The summed E-state index contributed by atoms with van der Waals surface area (Å²) < 4.78 is 6.14. The highest BCUT2D eigenvalue weighted by atomic mass is 79.9. The van der Waals surface area contributed by atoms with Crippen molar-refractivity contribution >= 4 is 27.5 Å². The molecule has 1 saturated carbocycles. The maximum absolute atomic E-state index is 6.53. The molecule has 100 valence electrons. The average molecular weight is 333 g/mol. The van der Waals surface area contributed by atoms with Gasteiger partial charge in [-0.15, -0.1) is 0 Å². The van der Waals surface area contributed by atoms with Crippen LogP contribution in [0, 0.1) is 0 Å². The smallest absolute Gasteiger partial charge is 0.0738 e. The van der Waals surface area contributed by atoms with Crippen LogP contribution >= 0.6 is 27.5 Å². The minimum Gasteiger partial charge on any atom is -0.380 e. The zero-order chi connectivity index (χ0) is 13.2. The number of methoxy groups -OCH3 is 1. The van der Waals surface area contributed by atoms with Crippen molar-refractivity contribution in [3.8, 4) is 0 Å². The van der Waals surface area contributed by atoms with E-state index in [0.29, 0.717) is 6.61 Å². The van der Waals surface area contributed by atoms with Crippen molar-refractivity contribution in [1.82, 2.24) is 0 Å². The summed E-state index contributed by atoms with van der Waals surface area (Å²) in [6.45, 7) is 0.511. The summed E-state index contributed by atoms with van der Waals surface area (Å²) >= 11 is 9.90. The molecule has 2 nitrogen and oxygen atoms in total. The molecule has 1 aliphatic carbocycles. The first kappa shape index (κ1) is 14.3. The van der Waals surface area contributed by atoms with Gasteiger partial charge in [0, 0.05) is 27.7 Å². The lowest BCUT2D eigenvalue weighted by Gasteiger charge is -2.34. The molecular formula is C14H19BrClNO. The van der Waals surface area contributed by atoms with Gasteiger partial charge in [0.1, 0.15) is 0 Å². The van der Waals surface area contributed by atoms with E-state index in [9.17, 15) is 0 Å². The van der Waals surface area contributed by atoms with Crippen molar-refractivity contribution < 1.29 is 4.74 Å². The van der Waals surface area contributed by atoms with Crippen molar-refractivity contribution in [3.05, 3.63) is 32.8 Å². The molecule has 1 aromatic rings. The number of hydrogen-bond acceptors (Lipinski definition) is 2. The maximum Gasteiger partial charge on any atom is 0.0738 e. The van der Waals surface area contributed by atoms with E-state index in [4.69, 9.17) is 22.1 Å². The van der Waals surface area contributed by atoms with Gasteiger partial charge in [0.25, 0.3) is 0 Å². The second-order valence-electron chi connectivity index (χ2n) is 5.07. The van der Waals surface area contributed by atoms with Crippen molar-refractivity contribution in [1.29, 1.82) is 0 Å². The van der Waals surface area contributed by atoms with Gasteiger partial charge in [-0.1, -0.05) is 46.8 Å². The zero-order valence-electron chi connectivity index (χ0n) is 10.6. The number of hydrogen-bond donors (Lipinski definition) is 1. The molecule has 0 amide bonds. The van der Waals surface area contributed by atoms with E-state index >= 15 is 0 Å². The van der Waals surface area contributed by atoms with Gasteiger partial charge in [-0.05, 0) is 30.5 Å². The summed E-state index contributed by atoms with van der Waals surface area (Å²) in [5.74, 6) is 0. The Morgan fingerprint density at radius 1 is 1.33 bits per heavy atom. The fourth-order valence-corrected chi connectivity index (χ4v) is 3.61. The minimum atomic E-state index is -0.212. The third-order valence-electron chi connectivity index (χ3n) is 3.75. The molecule has 0 aliphatic heterocycles. The normalized spacial score (nSPS) is 18.9. The van der Waals surface area contributed by atoms with Crippen LogP contribution in [0.2, 0.25) is 5.02 Å². The second-order valence-corrected chi connectivity index (χ2v) is 6.33. The van der Waals surface area contributed by atoms with Crippen LogP contribution in [-0.4, -0.2) is 7.11 Å². The number of ether oxygens (including phenoxy) is 1. The molecule has 0 unspecified atom stereocenters. The Labute approximate surface area is 122 Å². The van der Waals surface area contributed by atoms with Crippen LogP contribution < -0.4 is 5.73 Å². The van der Waals surface area contributed by atoms with Gasteiger partial charge >= 0.3 is 0 Å². The van der Waals surface area contributed by atoms with E-state index in [0.717, 1.165) is 33.5 Å². The molecule has 1 fully saturated rings. The van der Waals surface area contributed by atoms with E-state index < -0.39 is 0 Å². The first-order valence-electron chi connectivity index (χ1n) is 6.33. The fraction of sp³-hybridized carbons (Fsp3) is 0.571. The van der Waals surface area contributed by atoms with Crippen LogP contribution in [-0.2, 0) is 16.9 Å². The third-order valence-corrected chi connectivity index (χ3v) is 4.80. The zero-order valence-corrected chi connectivity index (χ0v) is 13.0. The molecule has 0 aromatic heterocycles. The first-order chi connectivity index (χ1) is 8.57. The van der Waals surface area contributed by atoms with E-state index in [1.54, 1.807) is 7.11 Å². The van der Waals surface area contributed by atoms with Crippen LogP contribution in [0.5, 0.6) is 0 Å². The van der Waals surface area contributed by atoms with Crippen LogP contribution in [0.15, 0.2) is 16.6 Å². The summed E-state index contributed by atoms with van der Waals surface area (Å²) in [4.78, 5) is 0. The van der Waals surface area contributed by atoms with Gasteiger partial charge < -0.3 is 10.5 Å². The van der Waals surface area contributed by atoms with Crippen molar-refractivity contribution in [2.75, 3.05) is 7.11 Å². The molecule has 18 heavy (non-hydrogen) atoms. The molecule has 1 aromatic carbocycles. The lowest BCUT2D eigenvalue weighted by atomic mass is 9.77. The number of halogens is 2. The predicted octanol–water partition coefficient (Wildman–Crippen LogP) is 4.37. The summed E-state index contributed by atoms with van der Waals surface area (Å²) in [5, 5.41) is 0.733. The molecule has 0 radical (unpaired) electrons. The quantitative estimate of drug-likeness (QED) is 0.892. The van der Waals surface area contributed by atoms with Gasteiger partial charge in [0.15, 0.2) is 0 Å². The molecule has 2 rings (SSSR count). The molecule has 4 heteroatoms. The number of benzene rings is 1. The Kier molecular flexibility index (Phi) is 4.70. The van der Waals surface area contributed by atoms with E-state index in [1.807, 2.05) is 6.07 Å². The molecule has 0 heterocycles. The SMILES string of the molecule is COCc1c(Cl)cc(C2(N)CCCCC2)cc1Br. The Morgan fingerprint density at radius 3 is 2.56 bits per heavy atom. The van der Waals surface area contributed by atoms with Crippen LogP contribution in [0.4, 0.5) is 0 Å². The highest BCUT2D eigenvalue weighted by Gasteiger charge is 2.30. The number of nitrogens with two attached hydrogens (primary N) is 1. The number of rotatable bonds is 3. The predicted molar refractivity (Wildman–Crippen MR) is 78.8 cm³/mol. The van der Waals surface area contributed by atoms with Crippen molar-refractivity contribution in [3.63, 3.8) is 0 Å². The third kappa shape index (κ3) is 2.90. The van der Waals surface area contributed by atoms with Gasteiger partial charge in [0.2, 0.25) is 0 Å². The lowest BCUT2D eigenvalue weighted by molar-refractivity contribution is 0.184. The van der Waals surface area contributed by atoms with Crippen molar-refractivity contribution in [2.45, 2.75) is 44.2 Å². The maximum atomic E-state index is 6.53. The summed E-state index contributed by atoms with van der Waals surface area (Å²) in [7, 11) is 1.67. The highest BCUT2D eigenvalue weighted by Crippen LogP contribution is 2.38. The largest absolute Gasteiger partial charge is 0.380 e. The Morgan fingerprint density at radius 2 is 2.00 bits per heavy atom. The van der Waals surface area contributed by atoms with Crippen molar-refractivity contribution in [2.24, 2.45) is 5.73 Å². The molecular weight excluding hydrogens is 314 g/mol. The van der Waals surface area contributed by atoms with Gasteiger partial charge in [-0.25, -0.2) is 0 Å². The fourth-order valence-electron chi connectivity index (χ4n) is 2.64. The van der Waals surface area contributed by atoms with E-state index in [1.165, 1.54) is 19.3 Å². The van der Waals surface area contributed by atoms with Gasteiger partial charge in [-0.2, -0.15) is 0 Å². The Bertz CT molecular complexity index is 407. The molecule has 0 bridgehead atoms. The molecule has 0 saturated heterocycles. The van der Waals surface area contributed by atoms with E-state index in [2.05, 4.69) is 22.0 Å². The van der Waals surface area contributed by atoms with Crippen LogP contribution in [0.25, 0.3) is 0 Å². The van der Waals surface area contributed by atoms with Gasteiger partial charge in [-0.3, -0.25) is 0 Å². The summed E-state index contributed by atoms with van der Waals surface area (Å²) in [6, 6.07) is 4.11. The average Bonchev–Trinajstić information content (AvgIpc) is 2.34. The van der Waals surface area contributed by atoms with Gasteiger partial charge in [0.05, 0.1) is 6.61 Å². The van der Waals surface area contributed by atoms with Crippen LogP contribution in [0.1, 0.15) is 43.2 Å². The second kappa shape index (κ2) is 5.91. The molecule has 2 N–H and O–H groups in total. The Balaban J connectivity index is 2.34. The van der Waals surface area contributed by atoms with Crippen LogP contribution in [0.3, 0.4) is 0 Å². The summed E-state index contributed by atoms with van der Waals surface area (Å²) in [6.07, 6.45) is 5.77. The monoisotopic (exact) mass is 331 g/mol.